The molecule has 1 N–H and O–H groups in total. The first kappa shape index (κ1) is 11.8. The Labute approximate surface area is 81.6 Å². The van der Waals surface area contributed by atoms with E-state index < -0.39 is 0 Å². The van der Waals surface area contributed by atoms with E-state index in [1.807, 2.05) is 20.0 Å². The van der Waals surface area contributed by atoms with E-state index in [4.69, 9.17) is 0 Å². The van der Waals surface area contributed by atoms with Crippen molar-refractivity contribution in [2.75, 3.05) is 13.6 Å². The topological polar surface area (TPSA) is 15.3 Å². The zero-order chi connectivity index (χ0) is 10.3. The first-order valence-corrected chi connectivity index (χ1v) is 4.59. The number of allylic oxidation sites excluding steroid dienone is 2. The van der Waals surface area contributed by atoms with Crippen LogP contribution in [0, 0.1) is 0 Å². The SMILES string of the molecule is C=C/C(C)=C\N(CCC)C(=C)NC. The fourth-order valence-corrected chi connectivity index (χ4v) is 0.960. The Kier molecular flexibility index (Phi) is 5.77. The average Bonchev–Trinajstić information content (AvgIpc) is 2.15. The number of hydrogen-bond donors (Lipinski definition) is 1. The van der Waals surface area contributed by atoms with Crippen LogP contribution < -0.4 is 5.32 Å². The van der Waals surface area contributed by atoms with Crippen LogP contribution in [0.3, 0.4) is 0 Å². The Hall–Kier alpha value is -1.18. The maximum atomic E-state index is 3.92. The monoisotopic (exact) mass is 180 g/mol. The molecule has 13 heavy (non-hydrogen) atoms. The van der Waals surface area contributed by atoms with E-state index in [1.165, 1.54) is 0 Å². The molecule has 2 heteroatoms. The van der Waals surface area contributed by atoms with E-state index in [2.05, 4.69) is 36.5 Å². The quantitative estimate of drug-likeness (QED) is 0.632. The molecule has 0 bridgehead atoms. The molecule has 2 nitrogen and oxygen atoms in total. The van der Waals surface area contributed by atoms with Crippen LogP contribution >= 0.6 is 0 Å². The summed E-state index contributed by atoms with van der Waals surface area (Å²) < 4.78 is 0. The Morgan fingerprint density at radius 1 is 1.54 bits per heavy atom. The molecule has 0 aliphatic heterocycles. The summed E-state index contributed by atoms with van der Waals surface area (Å²) in [6.45, 7) is 12.8. The van der Waals surface area contributed by atoms with E-state index in [0.29, 0.717) is 0 Å². The van der Waals surface area contributed by atoms with Crippen molar-refractivity contribution < 1.29 is 0 Å². The van der Waals surface area contributed by atoms with Gasteiger partial charge in [-0.05, 0) is 18.9 Å². The van der Waals surface area contributed by atoms with Crippen LogP contribution in [-0.4, -0.2) is 18.5 Å². The summed E-state index contributed by atoms with van der Waals surface area (Å²) in [6.07, 6.45) is 4.99. The summed E-state index contributed by atoms with van der Waals surface area (Å²) >= 11 is 0. The first-order chi connectivity index (χ1) is 6.15. The lowest BCUT2D eigenvalue weighted by Gasteiger charge is -2.22. The van der Waals surface area contributed by atoms with Gasteiger partial charge < -0.3 is 10.2 Å². The molecular weight excluding hydrogens is 160 g/mol. The molecule has 0 aromatic rings. The minimum atomic E-state index is 0.919. The third kappa shape index (κ3) is 4.41. The van der Waals surface area contributed by atoms with Crippen molar-refractivity contribution in [3.05, 3.63) is 36.8 Å². The molecule has 0 heterocycles. The van der Waals surface area contributed by atoms with Crippen LogP contribution in [0.4, 0.5) is 0 Å². The highest BCUT2D eigenvalue weighted by molar-refractivity contribution is 5.14. The van der Waals surface area contributed by atoms with Gasteiger partial charge in [-0.1, -0.05) is 26.2 Å². The van der Waals surface area contributed by atoms with Gasteiger partial charge in [0.05, 0.1) is 5.82 Å². The summed E-state index contributed by atoms with van der Waals surface area (Å²) in [5.41, 5.74) is 1.14. The van der Waals surface area contributed by atoms with E-state index in [0.717, 1.165) is 24.4 Å². The summed E-state index contributed by atoms with van der Waals surface area (Å²) in [5.74, 6) is 0.919. The molecule has 0 amide bonds. The van der Waals surface area contributed by atoms with Crippen molar-refractivity contribution in [3.63, 3.8) is 0 Å². The van der Waals surface area contributed by atoms with Gasteiger partial charge in [-0.25, -0.2) is 0 Å². The second-order valence-corrected chi connectivity index (χ2v) is 2.97. The fourth-order valence-electron chi connectivity index (χ4n) is 0.960. The van der Waals surface area contributed by atoms with Gasteiger partial charge in [0.25, 0.3) is 0 Å². The van der Waals surface area contributed by atoms with Gasteiger partial charge in [0.2, 0.25) is 0 Å². The third-order valence-corrected chi connectivity index (χ3v) is 1.78. The van der Waals surface area contributed by atoms with Gasteiger partial charge in [-0.15, -0.1) is 0 Å². The maximum Gasteiger partial charge on any atom is 0.0976 e. The second kappa shape index (κ2) is 6.35. The minimum absolute atomic E-state index is 0.919. The Bertz CT molecular complexity index is 204. The van der Waals surface area contributed by atoms with Crippen molar-refractivity contribution in [3.8, 4) is 0 Å². The molecule has 74 valence electrons. The van der Waals surface area contributed by atoms with Gasteiger partial charge in [0.15, 0.2) is 0 Å². The van der Waals surface area contributed by atoms with Gasteiger partial charge in [0.1, 0.15) is 0 Å². The molecule has 0 aromatic heterocycles. The second-order valence-electron chi connectivity index (χ2n) is 2.97. The predicted octanol–water partition coefficient (Wildman–Crippen LogP) is 2.48. The summed E-state index contributed by atoms with van der Waals surface area (Å²) in [5, 5.41) is 3.03. The van der Waals surface area contributed by atoms with Gasteiger partial charge in [-0.2, -0.15) is 0 Å². The standard InChI is InChI=1S/C11H20N2/c1-6-8-13(11(4)12-5)9-10(3)7-2/h7,9,12H,2,4,6,8H2,1,3,5H3/b10-9-. The lowest BCUT2D eigenvalue weighted by molar-refractivity contribution is 0.434. The summed E-state index contributed by atoms with van der Waals surface area (Å²) in [4.78, 5) is 2.09. The highest BCUT2D eigenvalue weighted by Crippen LogP contribution is 2.04. The highest BCUT2D eigenvalue weighted by Gasteiger charge is 2.00. The number of nitrogens with one attached hydrogen (secondary N) is 1. The number of nitrogens with zero attached hydrogens (tertiary/aromatic N) is 1. The van der Waals surface area contributed by atoms with Gasteiger partial charge in [-0.3, -0.25) is 0 Å². The molecule has 0 unspecified atom stereocenters. The summed E-state index contributed by atoms with van der Waals surface area (Å²) in [6, 6.07) is 0. The normalized spacial score (nSPS) is 10.8. The molecule has 0 atom stereocenters. The van der Waals surface area contributed by atoms with Crippen LogP contribution in [0.2, 0.25) is 0 Å². The highest BCUT2D eigenvalue weighted by atomic mass is 15.2. The first-order valence-electron chi connectivity index (χ1n) is 4.59. The van der Waals surface area contributed by atoms with Crippen molar-refractivity contribution in [1.29, 1.82) is 0 Å². The van der Waals surface area contributed by atoms with Crippen LogP contribution in [0.25, 0.3) is 0 Å². The van der Waals surface area contributed by atoms with Crippen molar-refractivity contribution in [2.24, 2.45) is 0 Å². The molecule has 0 saturated heterocycles. The lowest BCUT2D eigenvalue weighted by atomic mass is 10.3. The van der Waals surface area contributed by atoms with Crippen LogP contribution in [0.1, 0.15) is 20.3 Å². The van der Waals surface area contributed by atoms with E-state index in [9.17, 15) is 0 Å². The van der Waals surface area contributed by atoms with Crippen molar-refractivity contribution in [1.82, 2.24) is 10.2 Å². The molecule has 0 saturated carbocycles. The number of hydrogen-bond acceptors (Lipinski definition) is 2. The van der Waals surface area contributed by atoms with Crippen molar-refractivity contribution >= 4 is 0 Å². The number of rotatable bonds is 6. The molecule has 0 radical (unpaired) electrons. The molecular formula is C11H20N2. The Morgan fingerprint density at radius 2 is 2.15 bits per heavy atom. The molecule has 0 aliphatic rings. The summed E-state index contributed by atoms with van der Waals surface area (Å²) in [7, 11) is 1.88. The Morgan fingerprint density at radius 3 is 2.54 bits per heavy atom. The van der Waals surface area contributed by atoms with E-state index in [-0.39, 0.29) is 0 Å². The molecule has 0 rings (SSSR count). The Balaban J connectivity index is 4.41. The zero-order valence-corrected chi connectivity index (χ0v) is 8.93. The van der Waals surface area contributed by atoms with E-state index >= 15 is 0 Å². The largest absolute Gasteiger partial charge is 0.375 e. The predicted molar refractivity (Wildman–Crippen MR) is 59.2 cm³/mol. The van der Waals surface area contributed by atoms with Gasteiger partial charge in [0, 0.05) is 19.8 Å². The van der Waals surface area contributed by atoms with Crippen molar-refractivity contribution in [2.45, 2.75) is 20.3 Å². The average molecular weight is 180 g/mol. The van der Waals surface area contributed by atoms with Crippen LogP contribution in [-0.2, 0) is 0 Å². The maximum absolute atomic E-state index is 3.92. The lowest BCUT2D eigenvalue weighted by Crippen LogP contribution is -2.25. The molecule has 0 aliphatic carbocycles. The minimum Gasteiger partial charge on any atom is -0.375 e. The van der Waals surface area contributed by atoms with Gasteiger partial charge >= 0.3 is 0 Å². The molecule has 0 spiro atoms. The smallest absolute Gasteiger partial charge is 0.0976 e. The fraction of sp³-hybridized carbons (Fsp3) is 0.455. The van der Waals surface area contributed by atoms with E-state index in [1.54, 1.807) is 0 Å². The van der Waals surface area contributed by atoms with Crippen LogP contribution in [0.5, 0.6) is 0 Å². The molecule has 0 aromatic carbocycles. The zero-order valence-electron chi connectivity index (χ0n) is 8.93. The third-order valence-electron chi connectivity index (χ3n) is 1.78. The molecule has 0 fully saturated rings. The van der Waals surface area contributed by atoms with Crippen LogP contribution in [0.15, 0.2) is 36.8 Å².